The molecular formula is C15H19N3O4S2. The molecule has 0 aliphatic heterocycles. The first-order valence-electron chi connectivity index (χ1n) is 7.30. The molecule has 2 N–H and O–H groups in total. The van der Waals surface area contributed by atoms with Crippen LogP contribution in [-0.4, -0.2) is 27.9 Å². The summed E-state index contributed by atoms with van der Waals surface area (Å²) < 4.78 is 53.8. The summed E-state index contributed by atoms with van der Waals surface area (Å²) in [4.78, 5) is 3.80. The minimum Gasteiger partial charge on any atom is -0.280 e. The first-order chi connectivity index (χ1) is 11.2. The number of hydrogen-bond acceptors (Lipinski definition) is 5. The van der Waals surface area contributed by atoms with E-state index >= 15 is 0 Å². The fourth-order valence-electron chi connectivity index (χ4n) is 1.85. The molecule has 0 unspecified atom stereocenters. The lowest BCUT2D eigenvalue weighted by Gasteiger charge is -2.13. The Balaban J connectivity index is 2.22. The molecule has 0 fully saturated rings. The number of rotatable bonds is 7. The van der Waals surface area contributed by atoms with E-state index in [2.05, 4.69) is 14.4 Å². The molecule has 0 saturated heterocycles. The van der Waals surface area contributed by atoms with Gasteiger partial charge in [0.15, 0.2) is 0 Å². The van der Waals surface area contributed by atoms with Crippen LogP contribution in [0.1, 0.15) is 20.3 Å². The molecule has 2 aromatic rings. The molecule has 7 nitrogen and oxygen atoms in total. The van der Waals surface area contributed by atoms with Crippen LogP contribution in [0.2, 0.25) is 0 Å². The van der Waals surface area contributed by atoms with Crippen molar-refractivity contribution in [2.24, 2.45) is 0 Å². The van der Waals surface area contributed by atoms with Crippen molar-refractivity contribution in [1.29, 1.82) is 0 Å². The lowest BCUT2D eigenvalue weighted by Crippen LogP contribution is -2.32. The average Bonchev–Trinajstić information content (AvgIpc) is 2.55. The zero-order valence-corrected chi connectivity index (χ0v) is 14.9. The molecule has 0 aliphatic carbocycles. The normalized spacial score (nSPS) is 13.4. The van der Waals surface area contributed by atoms with Crippen molar-refractivity contribution in [3.63, 3.8) is 0 Å². The zero-order valence-electron chi connectivity index (χ0n) is 13.3. The third-order valence-electron chi connectivity index (χ3n) is 3.35. The molecule has 0 bridgehead atoms. The molecule has 0 aliphatic rings. The fourth-order valence-corrected chi connectivity index (χ4v) is 4.23. The molecule has 24 heavy (non-hydrogen) atoms. The molecule has 1 aromatic carbocycles. The molecule has 2 rings (SSSR count). The van der Waals surface area contributed by atoms with Crippen LogP contribution < -0.4 is 9.44 Å². The van der Waals surface area contributed by atoms with E-state index in [1.807, 2.05) is 6.92 Å². The number of benzene rings is 1. The maximum Gasteiger partial charge on any atom is 0.261 e. The highest BCUT2D eigenvalue weighted by Crippen LogP contribution is 2.18. The van der Waals surface area contributed by atoms with Gasteiger partial charge in [0.05, 0.1) is 15.5 Å². The van der Waals surface area contributed by atoms with Crippen molar-refractivity contribution in [3.8, 4) is 0 Å². The van der Waals surface area contributed by atoms with Crippen molar-refractivity contribution in [2.45, 2.75) is 36.1 Å². The Kier molecular flexibility index (Phi) is 5.58. The van der Waals surface area contributed by atoms with Crippen molar-refractivity contribution >= 4 is 25.7 Å². The first-order valence-corrected chi connectivity index (χ1v) is 10.3. The second-order valence-corrected chi connectivity index (χ2v) is 8.64. The molecule has 1 heterocycles. The van der Waals surface area contributed by atoms with Gasteiger partial charge in [0.2, 0.25) is 10.0 Å². The predicted molar refractivity (Wildman–Crippen MR) is 91.6 cm³/mol. The predicted octanol–water partition coefficient (Wildman–Crippen LogP) is 1.96. The van der Waals surface area contributed by atoms with E-state index in [0.717, 1.165) is 0 Å². The molecule has 1 atom stereocenters. The molecule has 0 spiro atoms. The van der Waals surface area contributed by atoms with Gasteiger partial charge in [-0.05, 0) is 49.7 Å². The van der Waals surface area contributed by atoms with E-state index in [1.165, 1.54) is 48.8 Å². The zero-order chi connectivity index (χ0) is 17.8. The summed E-state index contributed by atoms with van der Waals surface area (Å²) in [5.74, 6) is 0. The molecule has 130 valence electrons. The SMILES string of the molecule is CC[C@H](C)NS(=O)(=O)c1ccc(S(=O)(=O)Nc2ccncc2)cc1. The van der Waals surface area contributed by atoms with Crippen LogP contribution in [0, 0.1) is 0 Å². The van der Waals surface area contributed by atoms with Crippen molar-refractivity contribution < 1.29 is 16.8 Å². The standard InChI is InChI=1S/C15H19N3O4S2/c1-3-12(2)17-23(19,20)14-4-6-15(7-5-14)24(21,22)18-13-8-10-16-11-9-13/h4-12,17H,3H2,1-2H3,(H,16,18)/t12-/m0/s1. The Labute approximate surface area is 142 Å². The van der Waals surface area contributed by atoms with Gasteiger partial charge in [-0.25, -0.2) is 21.6 Å². The Hall–Kier alpha value is -1.97. The molecule has 1 aromatic heterocycles. The Morgan fingerprint density at radius 3 is 1.92 bits per heavy atom. The highest BCUT2D eigenvalue weighted by molar-refractivity contribution is 7.92. The maximum atomic E-state index is 12.3. The molecular weight excluding hydrogens is 350 g/mol. The lowest BCUT2D eigenvalue weighted by molar-refractivity contribution is 0.555. The van der Waals surface area contributed by atoms with Gasteiger partial charge in [0, 0.05) is 18.4 Å². The summed E-state index contributed by atoms with van der Waals surface area (Å²) in [5.41, 5.74) is 0.375. The third kappa shape index (κ3) is 4.53. The molecule has 0 amide bonds. The van der Waals surface area contributed by atoms with Gasteiger partial charge < -0.3 is 0 Å². The summed E-state index contributed by atoms with van der Waals surface area (Å²) in [5, 5.41) is 0. The largest absolute Gasteiger partial charge is 0.280 e. The molecule has 9 heteroatoms. The van der Waals surface area contributed by atoms with Crippen LogP contribution in [0.25, 0.3) is 0 Å². The van der Waals surface area contributed by atoms with Crippen molar-refractivity contribution in [3.05, 3.63) is 48.8 Å². The van der Waals surface area contributed by atoms with Crippen LogP contribution in [0.3, 0.4) is 0 Å². The van der Waals surface area contributed by atoms with Gasteiger partial charge in [-0.2, -0.15) is 0 Å². The van der Waals surface area contributed by atoms with Crippen LogP contribution in [0.5, 0.6) is 0 Å². The van der Waals surface area contributed by atoms with Gasteiger partial charge in [-0.15, -0.1) is 0 Å². The quantitative estimate of drug-likeness (QED) is 0.776. The smallest absolute Gasteiger partial charge is 0.261 e. The summed E-state index contributed by atoms with van der Waals surface area (Å²) in [6, 6.07) is 7.90. The van der Waals surface area contributed by atoms with Crippen molar-refractivity contribution in [2.75, 3.05) is 4.72 Å². The van der Waals surface area contributed by atoms with E-state index in [1.54, 1.807) is 6.92 Å². The maximum absolute atomic E-state index is 12.3. The van der Waals surface area contributed by atoms with E-state index in [0.29, 0.717) is 12.1 Å². The summed E-state index contributed by atoms with van der Waals surface area (Å²) >= 11 is 0. The molecule has 0 radical (unpaired) electrons. The summed E-state index contributed by atoms with van der Waals surface area (Å²) in [7, 11) is -7.46. The summed E-state index contributed by atoms with van der Waals surface area (Å²) in [6.07, 6.45) is 3.59. The van der Waals surface area contributed by atoms with Gasteiger partial charge in [0.25, 0.3) is 10.0 Å². The van der Waals surface area contributed by atoms with E-state index in [9.17, 15) is 16.8 Å². The third-order valence-corrected chi connectivity index (χ3v) is 6.35. The van der Waals surface area contributed by atoms with Gasteiger partial charge in [-0.3, -0.25) is 9.71 Å². The summed E-state index contributed by atoms with van der Waals surface area (Å²) in [6.45, 7) is 3.63. The fraction of sp³-hybridized carbons (Fsp3) is 0.267. The number of sulfonamides is 2. The minimum absolute atomic E-state index is 0.0191. The molecule has 0 saturated carbocycles. The van der Waals surface area contributed by atoms with Gasteiger partial charge in [-0.1, -0.05) is 6.92 Å². The number of hydrogen-bond donors (Lipinski definition) is 2. The van der Waals surface area contributed by atoms with Crippen LogP contribution in [0.15, 0.2) is 58.6 Å². The number of nitrogens with zero attached hydrogens (tertiary/aromatic N) is 1. The monoisotopic (exact) mass is 369 g/mol. The first kappa shape index (κ1) is 18.4. The van der Waals surface area contributed by atoms with E-state index < -0.39 is 20.0 Å². The lowest BCUT2D eigenvalue weighted by atomic mass is 10.3. The second-order valence-electron chi connectivity index (χ2n) is 5.24. The van der Waals surface area contributed by atoms with Crippen LogP contribution in [-0.2, 0) is 20.0 Å². The average molecular weight is 369 g/mol. The number of anilines is 1. The second kappa shape index (κ2) is 7.29. The van der Waals surface area contributed by atoms with Crippen molar-refractivity contribution in [1.82, 2.24) is 9.71 Å². The van der Waals surface area contributed by atoms with E-state index in [4.69, 9.17) is 0 Å². The highest BCUT2D eigenvalue weighted by atomic mass is 32.2. The Morgan fingerprint density at radius 1 is 0.917 bits per heavy atom. The Morgan fingerprint density at radius 2 is 1.42 bits per heavy atom. The van der Waals surface area contributed by atoms with E-state index in [-0.39, 0.29) is 15.8 Å². The van der Waals surface area contributed by atoms with Crippen LogP contribution in [0.4, 0.5) is 5.69 Å². The van der Waals surface area contributed by atoms with Crippen LogP contribution >= 0.6 is 0 Å². The minimum atomic E-state index is -3.80. The number of pyridine rings is 1. The topological polar surface area (TPSA) is 105 Å². The Bertz CT molecular complexity index is 880. The van der Waals surface area contributed by atoms with Gasteiger partial charge >= 0.3 is 0 Å². The number of aromatic nitrogens is 1. The highest BCUT2D eigenvalue weighted by Gasteiger charge is 2.19. The van der Waals surface area contributed by atoms with Gasteiger partial charge in [0.1, 0.15) is 0 Å². The number of nitrogens with one attached hydrogen (secondary N) is 2.